The molecule has 136 valence electrons. The molecule has 0 amide bonds. The van der Waals surface area contributed by atoms with Gasteiger partial charge < -0.3 is 14.8 Å². The quantitative estimate of drug-likeness (QED) is 0.693. The maximum absolute atomic E-state index is 10.1. The first kappa shape index (κ1) is 18.2. The van der Waals surface area contributed by atoms with Crippen molar-refractivity contribution < 1.29 is 9.53 Å². The number of nitrogens with zero attached hydrogens (tertiary/aromatic N) is 1. The third-order valence-corrected chi connectivity index (χ3v) is 11.9. The van der Waals surface area contributed by atoms with Crippen LogP contribution >= 0.6 is 11.3 Å². The molecule has 24 heavy (non-hydrogen) atoms. The largest absolute Gasteiger partial charge is 0.492 e. The summed E-state index contributed by atoms with van der Waals surface area (Å²) in [5.41, 5.74) is 0. The lowest BCUT2D eigenvalue weighted by Gasteiger charge is -2.36. The Bertz CT molecular complexity index is 582. The molecular weight excluding hydrogens is 336 g/mol. The summed E-state index contributed by atoms with van der Waals surface area (Å²) in [4.78, 5) is 5.28. The van der Waals surface area contributed by atoms with Crippen molar-refractivity contribution in [3.63, 3.8) is 0 Å². The maximum Gasteiger partial charge on any atom is 0.227 e. The summed E-state index contributed by atoms with van der Waals surface area (Å²) in [6.07, 6.45) is 6.15. The van der Waals surface area contributed by atoms with E-state index in [0.29, 0.717) is 12.6 Å². The van der Waals surface area contributed by atoms with Gasteiger partial charge in [-0.1, -0.05) is 38.5 Å². The first-order valence-corrected chi connectivity index (χ1v) is 13.0. The third kappa shape index (κ3) is 3.80. The molecular formula is C18H32N2O2SSi. The van der Waals surface area contributed by atoms with E-state index in [2.05, 4.69) is 44.2 Å². The monoisotopic (exact) mass is 368 g/mol. The van der Waals surface area contributed by atoms with Gasteiger partial charge in [0, 0.05) is 19.1 Å². The van der Waals surface area contributed by atoms with Gasteiger partial charge in [0.15, 0.2) is 13.4 Å². The summed E-state index contributed by atoms with van der Waals surface area (Å²) in [7, 11) is -1.72. The van der Waals surface area contributed by atoms with Crippen molar-refractivity contribution in [1.29, 1.82) is 0 Å². The fourth-order valence-electron chi connectivity index (χ4n) is 3.76. The number of aromatic hydroxyl groups is 1. The standard InChI is InChI=1S/C18H32N2O2SSi/c1-18(2,3)24(4,5)22-9-8-15-16(21)20-17(23-15)19-14-11-12-6-7-13(14)10-12/h12-14,21H,6-11H2,1-5H3,(H,19,20). The second-order valence-corrected chi connectivity index (χ2v) is 14.9. The fourth-order valence-corrected chi connectivity index (χ4v) is 5.71. The number of anilines is 1. The van der Waals surface area contributed by atoms with Gasteiger partial charge in [-0.15, -0.1) is 0 Å². The van der Waals surface area contributed by atoms with Crippen LogP contribution in [0.2, 0.25) is 18.1 Å². The van der Waals surface area contributed by atoms with Crippen molar-refractivity contribution in [2.24, 2.45) is 11.8 Å². The lowest BCUT2D eigenvalue weighted by molar-refractivity contribution is 0.291. The minimum absolute atomic E-state index is 0.185. The van der Waals surface area contributed by atoms with E-state index >= 15 is 0 Å². The van der Waals surface area contributed by atoms with E-state index in [1.165, 1.54) is 25.7 Å². The molecule has 0 aliphatic heterocycles. The highest BCUT2D eigenvalue weighted by molar-refractivity contribution is 7.15. The summed E-state index contributed by atoms with van der Waals surface area (Å²) in [5.74, 6) is 1.91. The van der Waals surface area contributed by atoms with Crippen LogP contribution in [0.3, 0.4) is 0 Å². The number of rotatable bonds is 6. The van der Waals surface area contributed by atoms with Gasteiger partial charge >= 0.3 is 0 Å². The Hall–Kier alpha value is -0.593. The summed E-state index contributed by atoms with van der Waals surface area (Å²) < 4.78 is 6.22. The predicted octanol–water partition coefficient (Wildman–Crippen LogP) is 5.01. The molecule has 2 aliphatic carbocycles. The van der Waals surface area contributed by atoms with E-state index < -0.39 is 8.32 Å². The molecule has 0 aromatic carbocycles. The van der Waals surface area contributed by atoms with Crippen LogP contribution in [-0.4, -0.2) is 31.1 Å². The number of fused-ring (bicyclic) bond motifs is 2. The molecule has 1 aromatic rings. The highest BCUT2D eigenvalue weighted by atomic mass is 32.1. The zero-order valence-corrected chi connectivity index (χ0v) is 17.5. The summed E-state index contributed by atoms with van der Waals surface area (Å²) in [6.45, 7) is 11.9. The highest BCUT2D eigenvalue weighted by Crippen LogP contribution is 2.46. The summed E-state index contributed by atoms with van der Waals surface area (Å²) >= 11 is 1.59. The van der Waals surface area contributed by atoms with Crippen LogP contribution in [0.4, 0.5) is 5.13 Å². The van der Waals surface area contributed by atoms with Gasteiger partial charge in [0.05, 0.1) is 4.88 Å². The van der Waals surface area contributed by atoms with E-state index in [1.54, 1.807) is 11.3 Å². The summed E-state index contributed by atoms with van der Waals surface area (Å²) in [5, 5.41) is 14.8. The molecule has 4 nitrogen and oxygen atoms in total. The maximum atomic E-state index is 10.1. The van der Waals surface area contributed by atoms with Crippen molar-refractivity contribution in [3.05, 3.63) is 4.88 Å². The molecule has 2 fully saturated rings. The van der Waals surface area contributed by atoms with Gasteiger partial charge in [0.25, 0.3) is 0 Å². The average Bonchev–Trinajstić information content (AvgIpc) is 3.14. The Morgan fingerprint density at radius 1 is 1.29 bits per heavy atom. The average molecular weight is 369 g/mol. The van der Waals surface area contributed by atoms with E-state index in [0.717, 1.165) is 28.3 Å². The fraction of sp³-hybridized carbons (Fsp3) is 0.833. The number of hydrogen-bond acceptors (Lipinski definition) is 5. The zero-order chi connectivity index (χ0) is 17.5. The van der Waals surface area contributed by atoms with E-state index in [-0.39, 0.29) is 10.9 Å². The molecule has 3 rings (SSSR count). The first-order valence-electron chi connectivity index (χ1n) is 9.25. The lowest BCUT2D eigenvalue weighted by atomic mass is 9.96. The van der Waals surface area contributed by atoms with Crippen LogP contribution in [-0.2, 0) is 10.8 Å². The Morgan fingerprint density at radius 3 is 2.62 bits per heavy atom. The molecule has 2 aliphatic rings. The van der Waals surface area contributed by atoms with Gasteiger partial charge in [-0.25, -0.2) is 0 Å². The molecule has 1 heterocycles. The second kappa shape index (κ2) is 6.61. The minimum Gasteiger partial charge on any atom is -0.492 e. The Labute approximate surface area is 151 Å². The van der Waals surface area contributed by atoms with Gasteiger partial charge in [0.1, 0.15) is 0 Å². The van der Waals surface area contributed by atoms with Gasteiger partial charge in [-0.05, 0) is 49.2 Å². The predicted molar refractivity (Wildman–Crippen MR) is 103 cm³/mol. The van der Waals surface area contributed by atoms with Crippen LogP contribution in [0, 0.1) is 11.8 Å². The van der Waals surface area contributed by atoms with Crippen LogP contribution in [0.1, 0.15) is 51.3 Å². The smallest absolute Gasteiger partial charge is 0.227 e. The highest BCUT2D eigenvalue weighted by Gasteiger charge is 2.40. The van der Waals surface area contributed by atoms with Gasteiger partial charge in [-0.3, -0.25) is 0 Å². The van der Waals surface area contributed by atoms with Crippen molar-refractivity contribution in [1.82, 2.24) is 4.98 Å². The molecule has 2 N–H and O–H groups in total. The molecule has 6 heteroatoms. The Balaban J connectivity index is 1.53. The SMILES string of the molecule is CC(C)(C)[Si](C)(C)OCCc1sc(NC2CC3CCC2C3)nc1O. The number of aromatic nitrogens is 1. The van der Waals surface area contributed by atoms with E-state index in [9.17, 15) is 5.11 Å². The zero-order valence-electron chi connectivity index (χ0n) is 15.7. The van der Waals surface area contributed by atoms with Crippen molar-refractivity contribution >= 4 is 24.8 Å². The van der Waals surface area contributed by atoms with Gasteiger partial charge in [-0.2, -0.15) is 4.98 Å². The second-order valence-electron chi connectivity index (χ2n) is 9.05. The number of thiazole rings is 1. The van der Waals surface area contributed by atoms with E-state index in [1.807, 2.05) is 0 Å². The molecule has 2 bridgehead atoms. The molecule has 0 radical (unpaired) electrons. The molecule has 2 saturated carbocycles. The Morgan fingerprint density at radius 2 is 2.04 bits per heavy atom. The van der Waals surface area contributed by atoms with Crippen LogP contribution in [0.5, 0.6) is 5.88 Å². The first-order chi connectivity index (χ1) is 11.2. The third-order valence-electron chi connectivity index (χ3n) is 6.32. The minimum atomic E-state index is -1.72. The van der Waals surface area contributed by atoms with Crippen molar-refractivity contribution in [2.45, 2.75) is 77.0 Å². The van der Waals surface area contributed by atoms with Crippen LogP contribution in [0.25, 0.3) is 0 Å². The number of hydrogen-bond donors (Lipinski definition) is 2. The van der Waals surface area contributed by atoms with Crippen LogP contribution in [0.15, 0.2) is 0 Å². The topological polar surface area (TPSA) is 54.4 Å². The van der Waals surface area contributed by atoms with Crippen molar-refractivity contribution in [2.75, 3.05) is 11.9 Å². The van der Waals surface area contributed by atoms with E-state index in [4.69, 9.17) is 4.43 Å². The van der Waals surface area contributed by atoms with Crippen molar-refractivity contribution in [3.8, 4) is 5.88 Å². The summed E-state index contributed by atoms with van der Waals surface area (Å²) in [6, 6.07) is 0.561. The lowest BCUT2D eigenvalue weighted by Crippen LogP contribution is -2.41. The molecule has 1 aromatic heterocycles. The molecule has 0 saturated heterocycles. The Kier molecular flexibility index (Phi) is 5.02. The normalized spacial score (nSPS) is 27.0. The van der Waals surface area contributed by atoms with Gasteiger partial charge in [0.2, 0.25) is 5.88 Å². The molecule has 0 spiro atoms. The van der Waals surface area contributed by atoms with Crippen LogP contribution < -0.4 is 5.32 Å². The molecule has 3 unspecified atom stereocenters. The number of nitrogens with one attached hydrogen (secondary N) is 1. The molecule has 3 atom stereocenters.